The number of piperazine rings is 1. The highest BCUT2D eigenvalue weighted by molar-refractivity contribution is 5.78. The zero-order valence-electron chi connectivity index (χ0n) is 13.4. The Morgan fingerprint density at radius 1 is 1.19 bits per heavy atom. The molecule has 0 saturated carbocycles. The second-order valence-electron chi connectivity index (χ2n) is 5.48. The Labute approximate surface area is 127 Å². The molecule has 1 saturated heterocycles. The first kappa shape index (κ1) is 17.9. The first-order chi connectivity index (χ1) is 10.1. The minimum atomic E-state index is -0.111. The Kier molecular flexibility index (Phi) is 9.01. The topological polar surface area (TPSA) is 61.9 Å². The van der Waals surface area contributed by atoms with Gasteiger partial charge in [-0.15, -0.1) is 0 Å². The maximum absolute atomic E-state index is 12.1. The Morgan fingerprint density at radius 3 is 2.57 bits per heavy atom. The number of unbranched alkanes of at least 4 members (excludes halogenated alkanes) is 2. The quantitative estimate of drug-likeness (QED) is 0.495. The first-order valence-electron chi connectivity index (χ1n) is 7.96. The summed E-state index contributed by atoms with van der Waals surface area (Å²) in [6.45, 7) is 7.06. The molecule has 0 spiro atoms. The van der Waals surface area contributed by atoms with E-state index in [-0.39, 0.29) is 11.9 Å². The number of amides is 1. The average molecular weight is 299 g/mol. The van der Waals surface area contributed by atoms with Crippen LogP contribution in [0.25, 0.3) is 0 Å². The molecule has 0 atom stereocenters. The number of carbonyl (C=O) groups is 2. The molecule has 1 aliphatic rings. The minimum absolute atomic E-state index is 0.111. The zero-order chi connectivity index (χ0) is 15.5. The van der Waals surface area contributed by atoms with Crippen molar-refractivity contribution in [1.82, 2.24) is 15.1 Å². The lowest BCUT2D eigenvalue weighted by Gasteiger charge is -2.29. The monoisotopic (exact) mass is 299 g/mol. The molecule has 1 heterocycles. The van der Waals surface area contributed by atoms with Gasteiger partial charge in [0.1, 0.15) is 0 Å². The fraction of sp³-hybridized carbons (Fsp3) is 0.867. The third-order valence-corrected chi connectivity index (χ3v) is 3.60. The van der Waals surface area contributed by atoms with E-state index in [2.05, 4.69) is 10.2 Å². The van der Waals surface area contributed by atoms with Crippen LogP contribution in [0, 0.1) is 0 Å². The van der Waals surface area contributed by atoms with E-state index in [1.54, 1.807) is 0 Å². The predicted octanol–water partition coefficient (Wildman–Crippen LogP) is 0.474. The van der Waals surface area contributed by atoms with Crippen molar-refractivity contribution in [3.05, 3.63) is 0 Å². The van der Waals surface area contributed by atoms with Crippen LogP contribution < -0.4 is 5.32 Å². The number of carbonyl (C=O) groups excluding carboxylic acids is 2. The van der Waals surface area contributed by atoms with Crippen LogP contribution in [-0.2, 0) is 14.3 Å². The van der Waals surface area contributed by atoms with Crippen molar-refractivity contribution in [1.29, 1.82) is 0 Å². The van der Waals surface area contributed by atoms with Crippen molar-refractivity contribution >= 4 is 11.9 Å². The number of ether oxygens (including phenoxy) is 1. The van der Waals surface area contributed by atoms with Crippen molar-refractivity contribution in [3.8, 4) is 0 Å². The van der Waals surface area contributed by atoms with Crippen LogP contribution in [0.5, 0.6) is 0 Å². The van der Waals surface area contributed by atoms with Crippen LogP contribution in [0.3, 0.4) is 0 Å². The van der Waals surface area contributed by atoms with Gasteiger partial charge < -0.3 is 15.0 Å². The lowest BCUT2D eigenvalue weighted by Crippen LogP contribution is -2.49. The normalized spacial score (nSPS) is 15.3. The summed E-state index contributed by atoms with van der Waals surface area (Å²) in [7, 11) is 1.98. The van der Waals surface area contributed by atoms with Crippen molar-refractivity contribution in [2.24, 2.45) is 0 Å². The molecule has 1 fully saturated rings. The van der Waals surface area contributed by atoms with E-state index in [1.807, 2.05) is 18.9 Å². The molecule has 0 aromatic carbocycles. The van der Waals surface area contributed by atoms with Gasteiger partial charge in [-0.3, -0.25) is 14.5 Å². The molecular formula is C15H29N3O3. The third-order valence-electron chi connectivity index (χ3n) is 3.60. The fourth-order valence-corrected chi connectivity index (χ4v) is 2.39. The van der Waals surface area contributed by atoms with Gasteiger partial charge in [-0.05, 0) is 33.4 Å². The van der Waals surface area contributed by atoms with E-state index in [1.165, 1.54) is 0 Å². The summed E-state index contributed by atoms with van der Waals surface area (Å²) in [5.74, 6) is 0.102. The van der Waals surface area contributed by atoms with Crippen LogP contribution in [0.1, 0.15) is 32.6 Å². The number of hydrogen-bond acceptors (Lipinski definition) is 5. The minimum Gasteiger partial charge on any atom is -0.466 e. The maximum Gasteiger partial charge on any atom is 0.305 e. The van der Waals surface area contributed by atoms with Gasteiger partial charge in [-0.1, -0.05) is 6.42 Å². The Balaban J connectivity index is 2.04. The lowest BCUT2D eigenvalue weighted by atomic mass is 10.2. The number of rotatable bonds is 9. The second kappa shape index (κ2) is 10.6. The van der Waals surface area contributed by atoms with Crippen molar-refractivity contribution < 1.29 is 14.3 Å². The van der Waals surface area contributed by atoms with E-state index in [0.29, 0.717) is 19.6 Å². The molecule has 0 aliphatic carbocycles. The summed E-state index contributed by atoms with van der Waals surface area (Å²) >= 11 is 0. The maximum atomic E-state index is 12.1. The van der Waals surface area contributed by atoms with E-state index in [9.17, 15) is 9.59 Å². The highest BCUT2D eigenvalue weighted by atomic mass is 16.5. The summed E-state index contributed by atoms with van der Waals surface area (Å²) in [5, 5.41) is 3.24. The molecule has 21 heavy (non-hydrogen) atoms. The van der Waals surface area contributed by atoms with Gasteiger partial charge in [0, 0.05) is 32.6 Å². The molecule has 1 rings (SSSR count). The summed E-state index contributed by atoms with van der Waals surface area (Å²) in [6, 6.07) is 0. The van der Waals surface area contributed by atoms with Gasteiger partial charge in [0.25, 0.3) is 0 Å². The molecule has 1 aliphatic heterocycles. The fourth-order valence-electron chi connectivity index (χ4n) is 2.39. The Hall–Kier alpha value is -1.14. The summed E-state index contributed by atoms with van der Waals surface area (Å²) in [6.07, 6.45) is 3.35. The summed E-state index contributed by atoms with van der Waals surface area (Å²) in [5.41, 5.74) is 0. The van der Waals surface area contributed by atoms with Crippen LogP contribution in [0.2, 0.25) is 0 Å². The standard InChI is InChI=1S/C15H29N3O3/c1-3-21-15(20)7-5-4-6-10-17(2)13-14(19)18-11-8-16-9-12-18/h16H,3-13H2,1-2H3. The average Bonchev–Trinajstić information content (AvgIpc) is 2.48. The van der Waals surface area contributed by atoms with Gasteiger partial charge in [-0.25, -0.2) is 0 Å². The predicted molar refractivity (Wildman–Crippen MR) is 82.0 cm³/mol. The number of hydrogen-bond donors (Lipinski definition) is 1. The van der Waals surface area contributed by atoms with Gasteiger partial charge in [0.05, 0.1) is 13.2 Å². The molecule has 0 unspecified atom stereocenters. The molecule has 0 bridgehead atoms. The van der Waals surface area contributed by atoms with Crippen molar-refractivity contribution in [2.75, 3.05) is 52.9 Å². The van der Waals surface area contributed by atoms with Crippen LogP contribution in [0.4, 0.5) is 0 Å². The van der Waals surface area contributed by atoms with E-state index in [4.69, 9.17) is 4.74 Å². The third kappa shape index (κ3) is 8.02. The molecule has 1 N–H and O–H groups in total. The molecule has 0 aromatic rings. The number of nitrogens with zero attached hydrogens (tertiary/aromatic N) is 2. The lowest BCUT2D eigenvalue weighted by molar-refractivity contribution is -0.143. The molecule has 0 aromatic heterocycles. The van der Waals surface area contributed by atoms with Crippen LogP contribution in [0.15, 0.2) is 0 Å². The number of esters is 1. The Bertz CT molecular complexity index is 317. The largest absolute Gasteiger partial charge is 0.466 e. The number of likely N-dealkylation sites (N-methyl/N-ethyl adjacent to an activating group) is 1. The summed E-state index contributed by atoms with van der Waals surface area (Å²) in [4.78, 5) is 27.2. The highest BCUT2D eigenvalue weighted by Crippen LogP contribution is 2.03. The zero-order valence-corrected chi connectivity index (χ0v) is 13.4. The van der Waals surface area contributed by atoms with Gasteiger partial charge in [-0.2, -0.15) is 0 Å². The van der Waals surface area contributed by atoms with Crippen molar-refractivity contribution in [2.45, 2.75) is 32.6 Å². The molecule has 6 nitrogen and oxygen atoms in total. The van der Waals surface area contributed by atoms with Gasteiger partial charge in [0.15, 0.2) is 0 Å². The number of nitrogens with one attached hydrogen (secondary N) is 1. The summed E-state index contributed by atoms with van der Waals surface area (Å²) < 4.78 is 4.88. The van der Waals surface area contributed by atoms with E-state index < -0.39 is 0 Å². The van der Waals surface area contributed by atoms with Crippen molar-refractivity contribution in [3.63, 3.8) is 0 Å². The van der Waals surface area contributed by atoms with E-state index in [0.717, 1.165) is 52.0 Å². The SMILES string of the molecule is CCOC(=O)CCCCCN(C)CC(=O)N1CCNCC1. The molecule has 122 valence electrons. The van der Waals surface area contributed by atoms with Gasteiger partial charge in [0.2, 0.25) is 5.91 Å². The van der Waals surface area contributed by atoms with Crippen LogP contribution in [-0.4, -0.2) is 74.6 Å². The second-order valence-corrected chi connectivity index (χ2v) is 5.48. The highest BCUT2D eigenvalue weighted by Gasteiger charge is 2.17. The molecule has 6 heteroatoms. The first-order valence-corrected chi connectivity index (χ1v) is 7.96. The molecule has 0 radical (unpaired) electrons. The van der Waals surface area contributed by atoms with E-state index >= 15 is 0 Å². The van der Waals surface area contributed by atoms with Crippen LogP contribution >= 0.6 is 0 Å². The smallest absolute Gasteiger partial charge is 0.305 e. The molecular weight excluding hydrogens is 270 g/mol. The van der Waals surface area contributed by atoms with Gasteiger partial charge >= 0.3 is 5.97 Å². The molecule has 1 amide bonds. The Morgan fingerprint density at radius 2 is 1.90 bits per heavy atom.